The Balaban J connectivity index is 1.98. The Morgan fingerprint density at radius 3 is 2.96 bits per heavy atom. The molecule has 2 heterocycles. The van der Waals surface area contributed by atoms with E-state index in [-0.39, 0.29) is 18.6 Å². The lowest BCUT2D eigenvalue weighted by atomic mass is 10.1. The standard InChI is InChI=1S/C18H19BrN2O4/c1-11(16-9-13(24-2)3-4-20-16)21-5-6-25-17-14(18(21)23)7-12(10-22)8-15(17)19/h3-4,7-9,11,22H,5-6,10H2,1-2H3/t11-/m0/s1. The predicted octanol–water partition coefficient (Wildman–Crippen LogP) is 2.94. The summed E-state index contributed by atoms with van der Waals surface area (Å²) >= 11 is 3.42. The van der Waals surface area contributed by atoms with Gasteiger partial charge >= 0.3 is 0 Å². The monoisotopic (exact) mass is 406 g/mol. The van der Waals surface area contributed by atoms with Crippen LogP contribution >= 0.6 is 15.9 Å². The van der Waals surface area contributed by atoms with Crippen LogP contribution in [0.2, 0.25) is 0 Å². The van der Waals surface area contributed by atoms with Gasteiger partial charge in [0.1, 0.15) is 18.1 Å². The van der Waals surface area contributed by atoms with Gasteiger partial charge in [0.25, 0.3) is 5.91 Å². The van der Waals surface area contributed by atoms with E-state index in [0.717, 1.165) is 5.69 Å². The van der Waals surface area contributed by atoms with Crippen molar-refractivity contribution in [2.45, 2.75) is 19.6 Å². The number of hydrogen-bond donors (Lipinski definition) is 1. The van der Waals surface area contributed by atoms with Crippen LogP contribution in [0.3, 0.4) is 0 Å². The summed E-state index contributed by atoms with van der Waals surface area (Å²) in [5.74, 6) is 1.05. The molecule has 1 atom stereocenters. The van der Waals surface area contributed by atoms with Crippen LogP contribution in [0.1, 0.15) is 34.6 Å². The largest absolute Gasteiger partial charge is 0.497 e. The molecule has 1 N–H and O–H groups in total. The number of fused-ring (bicyclic) bond motifs is 1. The van der Waals surface area contributed by atoms with Crippen LogP contribution < -0.4 is 9.47 Å². The van der Waals surface area contributed by atoms with Crippen molar-refractivity contribution in [3.05, 3.63) is 51.8 Å². The lowest BCUT2D eigenvalue weighted by Crippen LogP contribution is -2.35. The molecule has 1 aromatic carbocycles. The number of methoxy groups -OCH3 is 1. The van der Waals surface area contributed by atoms with Crippen molar-refractivity contribution >= 4 is 21.8 Å². The van der Waals surface area contributed by atoms with Crippen LogP contribution in [0, 0.1) is 0 Å². The number of carbonyl (C=O) groups is 1. The number of halogens is 1. The second kappa shape index (κ2) is 7.41. The summed E-state index contributed by atoms with van der Waals surface area (Å²) in [4.78, 5) is 19.2. The van der Waals surface area contributed by atoms with Crippen molar-refractivity contribution in [3.63, 3.8) is 0 Å². The molecule has 0 unspecified atom stereocenters. The fraction of sp³-hybridized carbons (Fsp3) is 0.333. The molecule has 1 amide bonds. The highest BCUT2D eigenvalue weighted by Crippen LogP contribution is 2.35. The minimum Gasteiger partial charge on any atom is -0.497 e. The van der Waals surface area contributed by atoms with Crippen molar-refractivity contribution in [3.8, 4) is 11.5 Å². The average Bonchev–Trinajstić information content (AvgIpc) is 2.80. The second-order valence-electron chi connectivity index (χ2n) is 5.76. The van der Waals surface area contributed by atoms with Gasteiger partial charge in [-0.1, -0.05) is 0 Å². The van der Waals surface area contributed by atoms with Gasteiger partial charge in [-0.05, 0) is 46.6 Å². The zero-order valence-corrected chi connectivity index (χ0v) is 15.6. The lowest BCUT2D eigenvalue weighted by molar-refractivity contribution is 0.0684. The Labute approximate surface area is 154 Å². The van der Waals surface area contributed by atoms with E-state index in [2.05, 4.69) is 20.9 Å². The Kier molecular flexibility index (Phi) is 5.24. The van der Waals surface area contributed by atoms with E-state index in [1.165, 1.54) is 0 Å². The summed E-state index contributed by atoms with van der Waals surface area (Å²) in [7, 11) is 1.60. The minimum absolute atomic E-state index is 0.147. The molecule has 25 heavy (non-hydrogen) atoms. The second-order valence-corrected chi connectivity index (χ2v) is 6.61. The molecule has 7 heteroatoms. The number of aliphatic hydroxyl groups is 1. The fourth-order valence-corrected chi connectivity index (χ4v) is 3.48. The number of hydrogen-bond acceptors (Lipinski definition) is 5. The highest BCUT2D eigenvalue weighted by Gasteiger charge is 2.30. The molecule has 1 aromatic heterocycles. The Morgan fingerprint density at radius 2 is 2.24 bits per heavy atom. The van der Waals surface area contributed by atoms with Gasteiger partial charge in [-0.2, -0.15) is 0 Å². The maximum Gasteiger partial charge on any atom is 0.258 e. The van der Waals surface area contributed by atoms with Crippen molar-refractivity contribution in [2.75, 3.05) is 20.3 Å². The number of nitrogens with zero attached hydrogens (tertiary/aromatic N) is 2. The zero-order chi connectivity index (χ0) is 18.0. The average molecular weight is 407 g/mol. The molecule has 6 nitrogen and oxygen atoms in total. The maximum atomic E-state index is 13.1. The fourth-order valence-electron chi connectivity index (χ4n) is 2.86. The van der Waals surface area contributed by atoms with Gasteiger partial charge in [0, 0.05) is 12.3 Å². The van der Waals surface area contributed by atoms with Crippen LogP contribution in [0.4, 0.5) is 0 Å². The van der Waals surface area contributed by atoms with Gasteiger partial charge in [0.05, 0.1) is 42.0 Å². The first-order valence-electron chi connectivity index (χ1n) is 7.92. The molecule has 0 bridgehead atoms. The van der Waals surface area contributed by atoms with E-state index < -0.39 is 0 Å². The zero-order valence-electron chi connectivity index (χ0n) is 14.0. The quantitative estimate of drug-likeness (QED) is 0.844. The van der Waals surface area contributed by atoms with Crippen LogP contribution in [0.25, 0.3) is 0 Å². The SMILES string of the molecule is COc1ccnc([C@H](C)N2CCOc3c(Br)cc(CO)cc3C2=O)c1. The topological polar surface area (TPSA) is 71.9 Å². The number of pyridine rings is 1. The van der Waals surface area contributed by atoms with Crippen LogP contribution in [-0.2, 0) is 6.61 Å². The highest BCUT2D eigenvalue weighted by molar-refractivity contribution is 9.10. The van der Waals surface area contributed by atoms with Gasteiger partial charge in [0.2, 0.25) is 0 Å². The third kappa shape index (κ3) is 3.48. The molecule has 1 aliphatic heterocycles. The molecule has 2 aromatic rings. The minimum atomic E-state index is -0.242. The third-order valence-corrected chi connectivity index (χ3v) is 4.83. The molecule has 1 aliphatic rings. The molecular formula is C18H19BrN2O4. The summed E-state index contributed by atoms with van der Waals surface area (Å²) in [6, 6.07) is 6.78. The summed E-state index contributed by atoms with van der Waals surface area (Å²) in [6.07, 6.45) is 1.66. The number of benzene rings is 1. The van der Waals surface area contributed by atoms with Gasteiger partial charge in [-0.3, -0.25) is 9.78 Å². The molecule has 0 radical (unpaired) electrons. The van der Waals surface area contributed by atoms with Crippen molar-refractivity contribution in [1.82, 2.24) is 9.88 Å². The van der Waals surface area contributed by atoms with E-state index >= 15 is 0 Å². The molecule has 0 aliphatic carbocycles. The van der Waals surface area contributed by atoms with E-state index in [0.29, 0.717) is 40.3 Å². The number of amides is 1. The van der Waals surface area contributed by atoms with Crippen LogP contribution in [-0.4, -0.2) is 41.2 Å². The van der Waals surface area contributed by atoms with E-state index in [9.17, 15) is 9.90 Å². The van der Waals surface area contributed by atoms with E-state index in [1.807, 2.05) is 13.0 Å². The first-order valence-corrected chi connectivity index (χ1v) is 8.71. The summed E-state index contributed by atoms with van der Waals surface area (Å²) in [6.45, 7) is 2.60. The Hall–Kier alpha value is -2.12. The predicted molar refractivity (Wildman–Crippen MR) is 95.8 cm³/mol. The van der Waals surface area contributed by atoms with Gasteiger partial charge < -0.3 is 19.5 Å². The van der Waals surface area contributed by atoms with Gasteiger partial charge in [-0.15, -0.1) is 0 Å². The van der Waals surface area contributed by atoms with Crippen LogP contribution in [0.5, 0.6) is 11.5 Å². The molecule has 0 fully saturated rings. The van der Waals surface area contributed by atoms with Gasteiger partial charge in [0.15, 0.2) is 0 Å². The number of aliphatic hydroxyl groups excluding tert-OH is 1. The normalized spacial score (nSPS) is 15.2. The number of ether oxygens (including phenoxy) is 2. The lowest BCUT2D eigenvalue weighted by Gasteiger charge is -2.27. The van der Waals surface area contributed by atoms with Crippen molar-refractivity contribution in [1.29, 1.82) is 0 Å². The summed E-state index contributed by atoms with van der Waals surface area (Å²) < 4.78 is 11.7. The highest BCUT2D eigenvalue weighted by atomic mass is 79.9. The van der Waals surface area contributed by atoms with Crippen molar-refractivity contribution in [2.24, 2.45) is 0 Å². The summed E-state index contributed by atoms with van der Waals surface area (Å²) in [5.41, 5.74) is 1.83. The van der Waals surface area contributed by atoms with Gasteiger partial charge in [-0.25, -0.2) is 0 Å². The smallest absolute Gasteiger partial charge is 0.258 e. The Morgan fingerprint density at radius 1 is 1.44 bits per heavy atom. The Bertz CT molecular complexity index is 797. The molecule has 3 rings (SSSR count). The molecule has 132 valence electrons. The maximum absolute atomic E-state index is 13.1. The number of carbonyl (C=O) groups excluding carboxylic acids is 1. The van der Waals surface area contributed by atoms with E-state index in [4.69, 9.17) is 9.47 Å². The van der Waals surface area contributed by atoms with Crippen molar-refractivity contribution < 1.29 is 19.4 Å². The first-order chi connectivity index (χ1) is 12.0. The van der Waals surface area contributed by atoms with E-state index in [1.54, 1.807) is 36.4 Å². The number of rotatable bonds is 4. The third-order valence-electron chi connectivity index (χ3n) is 4.24. The molecule has 0 spiro atoms. The first kappa shape index (κ1) is 17.7. The summed E-state index contributed by atoms with van der Waals surface area (Å²) in [5, 5.41) is 9.42. The number of aromatic nitrogens is 1. The molecular weight excluding hydrogens is 388 g/mol. The molecule has 0 saturated heterocycles. The van der Waals surface area contributed by atoms with Crippen LogP contribution in [0.15, 0.2) is 34.9 Å². The molecule has 0 saturated carbocycles.